The maximum atomic E-state index is 8.68. The zero-order valence-corrected chi connectivity index (χ0v) is 11.6. The average Bonchev–Trinajstić information content (AvgIpc) is 2.75. The normalized spacial score (nSPS) is 11.1. The van der Waals surface area contributed by atoms with E-state index in [9.17, 15) is 0 Å². The van der Waals surface area contributed by atoms with Crippen molar-refractivity contribution >= 4 is 11.3 Å². The van der Waals surface area contributed by atoms with Crippen LogP contribution in [0.15, 0.2) is 11.4 Å². The Morgan fingerprint density at radius 1 is 1.47 bits per heavy atom. The first kappa shape index (κ1) is 14.2. The summed E-state index contributed by atoms with van der Waals surface area (Å²) in [4.78, 5) is 1.16. The van der Waals surface area contributed by atoms with E-state index in [1.54, 1.807) is 11.3 Å². The van der Waals surface area contributed by atoms with Gasteiger partial charge in [-0.15, -0.1) is 11.3 Å². The molecule has 0 saturated carbocycles. The van der Waals surface area contributed by atoms with E-state index < -0.39 is 0 Å². The fraction of sp³-hybridized carbons (Fsp3) is 0.571. The summed E-state index contributed by atoms with van der Waals surface area (Å²) in [6.45, 7) is 7.04. The number of hydrogen-bond acceptors (Lipinski definition) is 3. The van der Waals surface area contributed by atoms with E-state index in [-0.39, 0.29) is 12.2 Å². The third kappa shape index (κ3) is 4.91. The molecule has 0 spiro atoms. The topological polar surface area (TPSA) is 29.5 Å². The summed E-state index contributed by atoms with van der Waals surface area (Å²) in [5.74, 6) is 6.01. The number of ether oxygens (including phenoxy) is 1. The minimum Gasteiger partial charge on any atom is -0.395 e. The Labute approximate surface area is 108 Å². The summed E-state index contributed by atoms with van der Waals surface area (Å²) >= 11 is 1.67. The van der Waals surface area contributed by atoms with Crippen LogP contribution >= 0.6 is 11.3 Å². The van der Waals surface area contributed by atoms with Crippen molar-refractivity contribution in [3.05, 3.63) is 21.9 Å². The molecule has 0 bridgehead atoms. The minimum atomic E-state index is -0.0835. The Bertz CT molecular complexity index is 396. The summed E-state index contributed by atoms with van der Waals surface area (Å²) in [7, 11) is 0. The average molecular weight is 252 g/mol. The van der Waals surface area contributed by atoms with Gasteiger partial charge in [-0.1, -0.05) is 18.8 Å². The summed E-state index contributed by atoms with van der Waals surface area (Å²) in [5.41, 5.74) is 0.940. The third-order valence-electron chi connectivity index (χ3n) is 2.65. The summed E-state index contributed by atoms with van der Waals surface area (Å²) in [6, 6.07) is 2.01. The maximum absolute atomic E-state index is 8.68. The molecule has 1 rings (SSSR count). The molecule has 0 saturated heterocycles. The van der Waals surface area contributed by atoms with E-state index in [1.807, 2.05) is 11.4 Å². The molecule has 1 heterocycles. The summed E-state index contributed by atoms with van der Waals surface area (Å²) < 4.78 is 5.86. The molecule has 1 aromatic heterocycles. The molecule has 2 nitrogen and oxygen atoms in total. The first-order valence-corrected chi connectivity index (χ1v) is 6.77. The maximum Gasteiger partial charge on any atom is 0.0829 e. The Kier molecular flexibility index (Phi) is 5.70. The number of thiophene rings is 1. The molecule has 3 heteroatoms. The van der Waals surface area contributed by atoms with Crippen molar-refractivity contribution < 1.29 is 9.84 Å². The van der Waals surface area contributed by atoms with Crippen LogP contribution in [0, 0.1) is 11.8 Å². The SMILES string of the molecule is CCC(C)(C)OCc1sccc1C#CCCO. The van der Waals surface area contributed by atoms with Gasteiger partial charge in [-0.25, -0.2) is 0 Å². The van der Waals surface area contributed by atoms with Crippen LogP contribution in [-0.2, 0) is 11.3 Å². The van der Waals surface area contributed by atoms with Gasteiger partial charge in [0.05, 0.1) is 18.8 Å². The number of aliphatic hydroxyl groups excluding tert-OH is 1. The van der Waals surface area contributed by atoms with Crippen LogP contribution in [0.3, 0.4) is 0 Å². The predicted octanol–water partition coefficient (Wildman–Crippen LogP) is 3.19. The van der Waals surface area contributed by atoms with Crippen molar-refractivity contribution in [3.63, 3.8) is 0 Å². The molecule has 0 radical (unpaired) electrons. The van der Waals surface area contributed by atoms with Crippen molar-refractivity contribution in [2.45, 2.75) is 45.8 Å². The Morgan fingerprint density at radius 2 is 2.24 bits per heavy atom. The highest BCUT2D eigenvalue weighted by atomic mass is 32.1. The van der Waals surface area contributed by atoms with E-state index in [2.05, 4.69) is 32.6 Å². The Morgan fingerprint density at radius 3 is 2.88 bits per heavy atom. The molecule has 0 unspecified atom stereocenters. The van der Waals surface area contributed by atoms with Gasteiger partial charge in [0.25, 0.3) is 0 Å². The van der Waals surface area contributed by atoms with E-state index in [0.29, 0.717) is 13.0 Å². The quantitative estimate of drug-likeness (QED) is 0.816. The lowest BCUT2D eigenvalue weighted by atomic mass is 10.1. The largest absolute Gasteiger partial charge is 0.395 e. The molecule has 0 amide bonds. The number of aliphatic hydroxyl groups is 1. The van der Waals surface area contributed by atoms with Gasteiger partial charge in [0.1, 0.15) is 0 Å². The van der Waals surface area contributed by atoms with Crippen LogP contribution in [0.4, 0.5) is 0 Å². The van der Waals surface area contributed by atoms with E-state index in [1.165, 1.54) is 0 Å². The second-order valence-electron chi connectivity index (χ2n) is 4.43. The molecule has 0 atom stereocenters. The standard InChI is InChI=1S/C14H20O2S/c1-4-14(2,3)16-11-13-12(8-10-17-13)7-5-6-9-15/h8,10,15H,4,6,9,11H2,1-3H3. The van der Waals surface area contributed by atoms with Crippen molar-refractivity contribution in [1.29, 1.82) is 0 Å². The first-order valence-electron chi connectivity index (χ1n) is 5.89. The van der Waals surface area contributed by atoms with Crippen molar-refractivity contribution in [2.24, 2.45) is 0 Å². The molecule has 1 aromatic rings. The Hall–Kier alpha value is -0.820. The highest BCUT2D eigenvalue weighted by molar-refractivity contribution is 7.10. The molecular formula is C14H20O2S. The van der Waals surface area contributed by atoms with Crippen molar-refractivity contribution in [1.82, 2.24) is 0 Å². The zero-order valence-electron chi connectivity index (χ0n) is 10.7. The van der Waals surface area contributed by atoms with E-state index in [0.717, 1.165) is 16.9 Å². The van der Waals surface area contributed by atoms with Gasteiger partial charge >= 0.3 is 0 Å². The van der Waals surface area contributed by atoms with E-state index >= 15 is 0 Å². The van der Waals surface area contributed by atoms with Crippen LogP contribution in [0.25, 0.3) is 0 Å². The van der Waals surface area contributed by atoms with Gasteiger partial charge in [0.15, 0.2) is 0 Å². The van der Waals surface area contributed by atoms with Crippen LogP contribution in [0.2, 0.25) is 0 Å². The Balaban J connectivity index is 2.61. The van der Waals surface area contributed by atoms with Crippen LogP contribution in [0.5, 0.6) is 0 Å². The van der Waals surface area contributed by atoms with Gasteiger partial charge in [-0.05, 0) is 31.7 Å². The molecule has 0 fully saturated rings. The van der Waals surface area contributed by atoms with Crippen molar-refractivity contribution in [3.8, 4) is 11.8 Å². The molecule has 0 aliphatic heterocycles. The molecule has 94 valence electrons. The van der Waals surface area contributed by atoms with Gasteiger partial charge in [0.2, 0.25) is 0 Å². The minimum absolute atomic E-state index is 0.0835. The lowest BCUT2D eigenvalue weighted by Crippen LogP contribution is -2.22. The molecule has 0 aromatic carbocycles. The van der Waals surface area contributed by atoms with Gasteiger partial charge < -0.3 is 9.84 Å². The van der Waals surface area contributed by atoms with Gasteiger partial charge in [0, 0.05) is 16.9 Å². The van der Waals surface area contributed by atoms with Crippen LogP contribution < -0.4 is 0 Å². The van der Waals surface area contributed by atoms with Crippen molar-refractivity contribution in [2.75, 3.05) is 6.61 Å². The molecule has 17 heavy (non-hydrogen) atoms. The van der Waals surface area contributed by atoms with Crippen LogP contribution in [0.1, 0.15) is 44.1 Å². The van der Waals surface area contributed by atoms with Gasteiger partial charge in [-0.2, -0.15) is 0 Å². The smallest absolute Gasteiger partial charge is 0.0829 e. The highest BCUT2D eigenvalue weighted by Gasteiger charge is 2.16. The van der Waals surface area contributed by atoms with Gasteiger partial charge in [-0.3, -0.25) is 0 Å². The number of hydrogen-bond donors (Lipinski definition) is 1. The fourth-order valence-electron chi connectivity index (χ4n) is 1.14. The van der Waals surface area contributed by atoms with Crippen LogP contribution in [-0.4, -0.2) is 17.3 Å². The lowest BCUT2D eigenvalue weighted by molar-refractivity contribution is -0.0304. The number of rotatable bonds is 5. The second kappa shape index (κ2) is 6.80. The summed E-state index contributed by atoms with van der Waals surface area (Å²) in [5, 5.41) is 10.7. The third-order valence-corrected chi connectivity index (χ3v) is 3.55. The molecular weight excluding hydrogens is 232 g/mol. The zero-order chi connectivity index (χ0) is 12.7. The highest BCUT2D eigenvalue weighted by Crippen LogP contribution is 2.21. The molecule has 0 aliphatic rings. The monoisotopic (exact) mass is 252 g/mol. The summed E-state index contributed by atoms with van der Waals surface area (Å²) in [6.07, 6.45) is 1.51. The lowest BCUT2D eigenvalue weighted by Gasteiger charge is -2.23. The molecule has 0 aliphatic carbocycles. The second-order valence-corrected chi connectivity index (χ2v) is 5.44. The molecule has 1 N–H and O–H groups in total. The first-order chi connectivity index (χ1) is 8.09. The fourth-order valence-corrected chi connectivity index (χ4v) is 1.88. The van der Waals surface area contributed by atoms with E-state index in [4.69, 9.17) is 9.84 Å². The predicted molar refractivity (Wildman–Crippen MR) is 72.1 cm³/mol.